The van der Waals surface area contributed by atoms with Crippen LogP contribution in [0, 0.1) is 18.3 Å². The number of aryl methyl sites for hydroxylation is 1. The van der Waals surface area contributed by atoms with E-state index in [1.807, 2.05) is 6.07 Å². The third-order valence-electron chi connectivity index (χ3n) is 4.00. The van der Waals surface area contributed by atoms with E-state index in [0.29, 0.717) is 22.8 Å². The number of benzene rings is 1. The van der Waals surface area contributed by atoms with Gasteiger partial charge in [0.05, 0.1) is 25.7 Å². The standard InChI is InChI=1S/C18H16N2O5/c1-9-6-14-16(18(21)24-9)15(11(8-19)17(20)25-14)10-4-5-12(22-2)13(7-10)23-3/h4-7,15H,20H2,1-3H3. The molecule has 25 heavy (non-hydrogen) atoms. The lowest BCUT2D eigenvalue weighted by Crippen LogP contribution is -2.26. The van der Waals surface area contributed by atoms with Crippen LogP contribution in [0.15, 0.2) is 44.9 Å². The number of allylic oxidation sites excluding steroid dienone is 1. The fourth-order valence-electron chi connectivity index (χ4n) is 2.88. The summed E-state index contributed by atoms with van der Waals surface area (Å²) in [7, 11) is 3.03. The summed E-state index contributed by atoms with van der Waals surface area (Å²) in [6.45, 7) is 1.64. The Hall–Kier alpha value is -3.40. The normalized spacial score (nSPS) is 15.8. The number of rotatable bonds is 3. The monoisotopic (exact) mass is 340 g/mol. The first-order valence-electron chi connectivity index (χ1n) is 7.44. The maximum atomic E-state index is 12.4. The van der Waals surface area contributed by atoms with Crippen LogP contribution >= 0.6 is 0 Å². The third-order valence-corrected chi connectivity index (χ3v) is 4.00. The predicted molar refractivity (Wildman–Crippen MR) is 88.6 cm³/mol. The second kappa shape index (κ2) is 6.24. The Morgan fingerprint density at radius 3 is 2.56 bits per heavy atom. The summed E-state index contributed by atoms with van der Waals surface area (Å²) in [6.07, 6.45) is 0. The molecule has 0 amide bonds. The highest BCUT2D eigenvalue weighted by Gasteiger charge is 2.34. The molecule has 0 saturated heterocycles. The molecular formula is C18H16N2O5. The molecule has 3 rings (SSSR count). The fourth-order valence-corrected chi connectivity index (χ4v) is 2.88. The van der Waals surface area contributed by atoms with Gasteiger partial charge in [-0.2, -0.15) is 5.26 Å². The van der Waals surface area contributed by atoms with Crippen LogP contribution in [0.3, 0.4) is 0 Å². The third kappa shape index (κ3) is 2.68. The van der Waals surface area contributed by atoms with Crippen LogP contribution in [-0.2, 0) is 0 Å². The fraction of sp³-hybridized carbons (Fsp3) is 0.222. The van der Waals surface area contributed by atoms with Crippen molar-refractivity contribution in [2.24, 2.45) is 5.73 Å². The Bertz CT molecular complexity index is 968. The molecule has 7 nitrogen and oxygen atoms in total. The summed E-state index contributed by atoms with van der Waals surface area (Å²) >= 11 is 0. The highest BCUT2D eigenvalue weighted by molar-refractivity contribution is 5.57. The van der Waals surface area contributed by atoms with Gasteiger partial charge < -0.3 is 24.4 Å². The van der Waals surface area contributed by atoms with E-state index >= 15 is 0 Å². The van der Waals surface area contributed by atoms with Crippen LogP contribution in [0.25, 0.3) is 0 Å². The average Bonchev–Trinajstić information content (AvgIpc) is 2.59. The molecule has 128 valence electrons. The first-order chi connectivity index (χ1) is 12.0. The van der Waals surface area contributed by atoms with Gasteiger partial charge in [-0.1, -0.05) is 6.07 Å². The van der Waals surface area contributed by atoms with Crippen molar-refractivity contribution in [1.82, 2.24) is 0 Å². The molecular weight excluding hydrogens is 324 g/mol. The van der Waals surface area contributed by atoms with Gasteiger partial charge in [-0.05, 0) is 24.6 Å². The molecule has 1 aromatic heterocycles. The molecule has 0 aliphatic carbocycles. The summed E-state index contributed by atoms with van der Waals surface area (Å²) in [6, 6.07) is 8.74. The van der Waals surface area contributed by atoms with Gasteiger partial charge in [-0.25, -0.2) is 4.79 Å². The van der Waals surface area contributed by atoms with Crippen molar-refractivity contribution >= 4 is 0 Å². The van der Waals surface area contributed by atoms with Crippen molar-refractivity contribution in [2.45, 2.75) is 12.8 Å². The second-order valence-corrected chi connectivity index (χ2v) is 5.46. The molecule has 0 radical (unpaired) electrons. The smallest absolute Gasteiger partial charge is 0.343 e. The van der Waals surface area contributed by atoms with E-state index < -0.39 is 11.5 Å². The van der Waals surface area contributed by atoms with Gasteiger partial charge in [-0.15, -0.1) is 0 Å². The number of nitriles is 1. The maximum absolute atomic E-state index is 12.4. The molecule has 1 unspecified atom stereocenters. The van der Waals surface area contributed by atoms with Gasteiger partial charge in [0.1, 0.15) is 23.2 Å². The zero-order valence-corrected chi connectivity index (χ0v) is 14.0. The van der Waals surface area contributed by atoms with Gasteiger partial charge in [0.15, 0.2) is 11.5 Å². The Labute approximate surface area is 143 Å². The molecule has 0 fully saturated rings. The number of nitrogens with two attached hydrogens (primary N) is 1. The first-order valence-corrected chi connectivity index (χ1v) is 7.44. The van der Waals surface area contributed by atoms with Crippen LogP contribution in [0.2, 0.25) is 0 Å². The molecule has 1 aliphatic rings. The largest absolute Gasteiger partial charge is 0.493 e. The molecule has 0 saturated carbocycles. The van der Waals surface area contributed by atoms with Crippen molar-refractivity contribution in [3.05, 3.63) is 63.0 Å². The van der Waals surface area contributed by atoms with Crippen molar-refractivity contribution < 1.29 is 18.6 Å². The Morgan fingerprint density at radius 2 is 1.92 bits per heavy atom. The lowest BCUT2D eigenvalue weighted by molar-refractivity contribution is 0.353. The Balaban J connectivity index is 2.28. The number of ether oxygens (including phenoxy) is 3. The summed E-state index contributed by atoms with van der Waals surface area (Å²) < 4.78 is 21.2. The summed E-state index contributed by atoms with van der Waals surface area (Å²) in [4.78, 5) is 12.4. The zero-order valence-electron chi connectivity index (χ0n) is 14.0. The lowest BCUT2D eigenvalue weighted by Gasteiger charge is -2.25. The highest BCUT2D eigenvalue weighted by atomic mass is 16.5. The summed E-state index contributed by atoms with van der Waals surface area (Å²) in [5, 5.41) is 9.54. The minimum absolute atomic E-state index is 0.0419. The van der Waals surface area contributed by atoms with E-state index in [1.54, 1.807) is 31.2 Å². The molecule has 2 N–H and O–H groups in total. The predicted octanol–water partition coefficient (Wildman–Crippen LogP) is 2.18. The van der Waals surface area contributed by atoms with Crippen molar-refractivity contribution in [2.75, 3.05) is 14.2 Å². The van der Waals surface area contributed by atoms with E-state index in [0.717, 1.165) is 0 Å². The van der Waals surface area contributed by atoms with Crippen LogP contribution in [0.1, 0.15) is 22.8 Å². The minimum atomic E-state index is -0.717. The number of methoxy groups -OCH3 is 2. The molecule has 2 heterocycles. The Morgan fingerprint density at radius 1 is 1.20 bits per heavy atom. The second-order valence-electron chi connectivity index (χ2n) is 5.46. The van der Waals surface area contributed by atoms with Gasteiger partial charge in [0.2, 0.25) is 5.88 Å². The van der Waals surface area contributed by atoms with Gasteiger partial charge >= 0.3 is 5.63 Å². The number of hydrogen-bond donors (Lipinski definition) is 1. The molecule has 0 bridgehead atoms. The maximum Gasteiger partial charge on any atom is 0.343 e. The SMILES string of the molecule is COc1ccc(C2C(C#N)=C(N)Oc3cc(C)oc(=O)c32)cc1OC. The van der Waals surface area contributed by atoms with Crippen molar-refractivity contribution in [1.29, 1.82) is 5.26 Å². The number of fused-ring (bicyclic) bond motifs is 1. The van der Waals surface area contributed by atoms with Crippen LogP contribution in [-0.4, -0.2) is 14.2 Å². The van der Waals surface area contributed by atoms with Crippen LogP contribution in [0.4, 0.5) is 0 Å². The molecule has 1 aromatic carbocycles. The van der Waals surface area contributed by atoms with E-state index in [1.165, 1.54) is 14.2 Å². The summed E-state index contributed by atoms with van der Waals surface area (Å²) in [5.41, 5.74) is 6.33. The lowest BCUT2D eigenvalue weighted by atomic mass is 9.84. The molecule has 2 aromatic rings. The van der Waals surface area contributed by atoms with Crippen LogP contribution in [0.5, 0.6) is 17.2 Å². The Kier molecular flexibility index (Phi) is 4.11. The van der Waals surface area contributed by atoms with E-state index in [2.05, 4.69) is 0 Å². The molecule has 0 spiro atoms. The van der Waals surface area contributed by atoms with E-state index in [4.69, 9.17) is 24.4 Å². The highest BCUT2D eigenvalue weighted by Crippen LogP contribution is 2.42. The number of hydrogen-bond acceptors (Lipinski definition) is 7. The van der Waals surface area contributed by atoms with Gasteiger partial charge in [-0.3, -0.25) is 0 Å². The number of nitrogens with zero attached hydrogens (tertiary/aromatic N) is 1. The van der Waals surface area contributed by atoms with E-state index in [9.17, 15) is 10.1 Å². The van der Waals surface area contributed by atoms with Crippen LogP contribution < -0.4 is 25.6 Å². The van der Waals surface area contributed by atoms with Gasteiger partial charge in [0.25, 0.3) is 0 Å². The summed E-state index contributed by atoms with van der Waals surface area (Å²) in [5.74, 6) is 0.920. The van der Waals surface area contributed by atoms with Gasteiger partial charge in [0, 0.05) is 6.07 Å². The van der Waals surface area contributed by atoms with E-state index in [-0.39, 0.29) is 22.8 Å². The quantitative estimate of drug-likeness (QED) is 0.912. The minimum Gasteiger partial charge on any atom is -0.493 e. The first kappa shape index (κ1) is 16.5. The topological polar surface area (TPSA) is 108 Å². The molecule has 7 heteroatoms. The van der Waals surface area contributed by atoms with Crippen molar-refractivity contribution in [3.63, 3.8) is 0 Å². The molecule has 1 aliphatic heterocycles. The zero-order chi connectivity index (χ0) is 18.1. The molecule has 1 atom stereocenters. The average molecular weight is 340 g/mol. The van der Waals surface area contributed by atoms with Crippen molar-refractivity contribution in [3.8, 4) is 23.3 Å².